The minimum absolute atomic E-state index is 0.464. The van der Waals surface area contributed by atoms with Crippen LogP contribution in [0.1, 0.15) is 11.1 Å². The zero-order valence-corrected chi connectivity index (χ0v) is 12.7. The summed E-state index contributed by atoms with van der Waals surface area (Å²) in [6.45, 7) is 1.35. The molecule has 2 aromatic carbocycles. The summed E-state index contributed by atoms with van der Waals surface area (Å²) < 4.78 is 0. The van der Waals surface area contributed by atoms with E-state index < -0.39 is 11.6 Å². The number of benzene rings is 2. The SMILES string of the molecule is O=C1C=CC(N(Cc2ccccc2)Cc2ccccc2)=CC1=O. The van der Waals surface area contributed by atoms with Crippen LogP contribution in [0.3, 0.4) is 0 Å². The number of carbonyl (C=O) groups is 2. The summed E-state index contributed by atoms with van der Waals surface area (Å²) in [7, 11) is 0. The summed E-state index contributed by atoms with van der Waals surface area (Å²) in [6.07, 6.45) is 4.49. The maximum atomic E-state index is 11.7. The van der Waals surface area contributed by atoms with Crippen LogP contribution in [0.4, 0.5) is 0 Å². The van der Waals surface area contributed by atoms with Gasteiger partial charge in [0, 0.05) is 24.9 Å². The summed E-state index contributed by atoms with van der Waals surface area (Å²) in [5, 5.41) is 0. The Balaban J connectivity index is 1.87. The molecule has 0 amide bonds. The third kappa shape index (κ3) is 3.83. The molecule has 3 rings (SSSR count). The van der Waals surface area contributed by atoms with E-state index >= 15 is 0 Å². The molecule has 0 aromatic heterocycles. The Labute approximate surface area is 135 Å². The molecule has 0 spiro atoms. The zero-order chi connectivity index (χ0) is 16.1. The van der Waals surface area contributed by atoms with Crippen LogP contribution < -0.4 is 0 Å². The average molecular weight is 303 g/mol. The van der Waals surface area contributed by atoms with Crippen molar-refractivity contribution >= 4 is 11.6 Å². The Morgan fingerprint density at radius 1 is 0.652 bits per heavy atom. The van der Waals surface area contributed by atoms with Gasteiger partial charge < -0.3 is 4.90 Å². The fraction of sp³-hybridized carbons (Fsp3) is 0.100. The van der Waals surface area contributed by atoms with Crippen LogP contribution in [0, 0.1) is 0 Å². The van der Waals surface area contributed by atoms with Crippen molar-refractivity contribution in [2.24, 2.45) is 0 Å². The molecule has 0 N–H and O–H groups in total. The predicted molar refractivity (Wildman–Crippen MR) is 89.4 cm³/mol. The minimum Gasteiger partial charge on any atom is -0.363 e. The van der Waals surface area contributed by atoms with Gasteiger partial charge in [0.25, 0.3) is 0 Å². The summed E-state index contributed by atoms with van der Waals surface area (Å²) in [5.74, 6) is -0.929. The van der Waals surface area contributed by atoms with Crippen LogP contribution in [0.2, 0.25) is 0 Å². The van der Waals surface area contributed by atoms with Gasteiger partial charge in [-0.05, 0) is 23.3 Å². The van der Waals surface area contributed by atoms with Gasteiger partial charge in [-0.2, -0.15) is 0 Å². The molecule has 1 aliphatic carbocycles. The molecule has 3 nitrogen and oxygen atoms in total. The molecule has 0 aliphatic heterocycles. The summed E-state index contributed by atoms with van der Waals surface area (Å²) in [4.78, 5) is 25.2. The highest BCUT2D eigenvalue weighted by Crippen LogP contribution is 2.18. The van der Waals surface area contributed by atoms with Gasteiger partial charge in [0.2, 0.25) is 11.6 Å². The van der Waals surface area contributed by atoms with Gasteiger partial charge in [0.05, 0.1) is 0 Å². The first-order valence-corrected chi connectivity index (χ1v) is 7.53. The summed E-state index contributed by atoms with van der Waals surface area (Å²) in [5.41, 5.74) is 3.08. The van der Waals surface area contributed by atoms with Gasteiger partial charge in [0.1, 0.15) is 0 Å². The summed E-state index contributed by atoms with van der Waals surface area (Å²) >= 11 is 0. The number of hydrogen-bond acceptors (Lipinski definition) is 3. The van der Waals surface area contributed by atoms with Gasteiger partial charge in [-0.1, -0.05) is 60.7 Å². The van der Waals surface area contributed by atoms with Crippen LogP contribution in [0.15, 0.2) is 84.6 Å². The molecule has 2 aromatic rings. The van der Waals surface area contributed by atoms with Crippen LogP contribution >= 0.6 is 0 Å². The van der Waals surface area contributed by atoms with E-state index in [9.17, 15) is 9.59 Å². The van der Waals surface area contributed by atoms with E-state index in [0.29, 0.717) is 13.1 Å². The monoisotopic (exact) mass is 303 g/mol. The standard InChI is InChI=1S/C20H17NO2/c22-19-12-11-18(13-20(19)23)21(14-16-7-3-1-4-8-16)15-17-9-5-2-6-10-17/h1-13H,14-15H2. The second-order valence-electron chi connectivity index (χ2n) is 5.46. The van der Waals surface area contributed by atoms with Crippen LogP contribution in [0.25, 0.3) is 0 Å². The lowest BCUT2D eigenvalue weighted by atomic mass is 10.1. The molecule has 23 heavy (non-hydrogen) atoms. The van der Waals surface area contributed by atoms with Crippen molar-refractivity contribution in [2.45, 2.75) is 13.1 Å². The smallest absolute Gasteiger partial charge is 0.227 e. The van der Waals surface area contributed by atoms with Gasteiger partial charge >= 0.3 is 0 Å². The maximum Gasteiger partial charge on any atom is 0.227 e. The topological polar surface area (TPSA) is 37.4 Å². The molecule has 3 heteroatoms. The number of ketones is 2. The van der Waals surface area contributed by atoms with Crippen LogP contribution in [-0.4, -0.2) is 16.5 Å². The summed E-state index contributed by atoms with van der Waals surface area (Å²) in [6, 6.07) is 20.2. The molecule has 0 heterocycles. The zero-order valence-electron chi connectivity index (χ0n) is 12.7. The van der Waals surface area contributed by atoms with E-state index in [0.717, 1.165) is 16.8 Å². The third-order valence-electron chi connectivity index (χ3n) is 3.72. The fourth-order valence-corrected chi connectivity index (χ4v) is 2.54. The van der Waals surface area contributed by atoms with Crippen molar-refractivity contribution in [1.29, 1.82) is 0 Å². The highest BCUT2D eigenvalue weighted by molar-refractivity contribution is 6.46. The largest absolute Gasteiger partial charge is 0.363 e. The van der Waals surface area contributed by atoms with Crippen LogP contribution in [0.5, 0.6) is 0 Å². The molecule has 1 aliphatic rings. The Bertz CT molecular complexity index is 719. The molecular formula is C20H17NO2. The van der Waals surface area contributed by atoms with Crippen molar-refractivity contribution in [3.63, 3.8) is 0 Å². The van der Waals surface area contributed by atoms with E-state index in [2.05, 4.69) is 29.2 Å². The number of nitrogens with zero attached hydrogens (tertiary/aromatic N) is 1. The van der Waals surface area contributed by atoms with Crippen molar-refractivity contribution in [3.05, 3.63) is 95.7 Å². The Hall–Kier alpha value is -2.94. The lowest BCUT2D eigenvalue weighted by Gasteiger charge is -2.27. The highest BCUT2D eigenvalue weighted by Gasteiger charge is 2.18. The average Bonchev–Trinajstić information content (AvgIpc) is 2.59. The van der Waals surface area contributed by atoms with E-state index in [1.165, 1.54) is 12.2 Å². The third-order valence-corrected chi connectivity index (χ3v) is 3.72. The quantitative estimate of drug-likeness (QED) is 0.628. The molecule has 0 unspecified atom stereocenters. The second-order valence-corrected chi connectivity index (χ2v) is 5.46. The molecule has 0 bridgehead atoms. The van der Waals surface area contributed by atoms with Crippen molar-refractivity contribution in [2.75, 3.05) is 0 Å². The van der Waals surface area contributed by atoms with Crippen molar-refractivity contribution in [3.8, 4) is 0 Å². The fourth-order valence-electron chi connectivity index (χ4n) is 2.54. The van der Waals surface area contributed by atoms with Gasteiger partial charge in [0.15, 0.2) is 0 Å². The predicted octanol–water partition coefficient (Wildman–Crippen LogP) is 3.28. The van der Waals surface area contributed by atoms with E-state index in [1.807, 2.05) is 36.4 Å². The first kappa shape index (κ1) is 15.0. The Kier molecular flexibility index (Phi) is 4.48. The minimum atomic E-state index is -0.465. The second kappa shape index (κ2) is 6.88. The molecule has 114 valence electrons. The Morgan fingerprint density at radius 2 is 1.17 bits per heavy atom. The highest BCUT2D eigenvalue weighted by atomic mass is 16.2. The first-order chi connectivity index (χ1) is 11.2. The molecule has 0 atom stereocenters. The lowest BCUT2D eigenvalue weighted by molar-refractivity contribution is -0.131. The normalized spacial score (nSPS) is 13.8. The molecular weight excluding hydrogens is 286 g/mol. The maximum absolute atomic E-state index is 11.7. The van der Waals surface area contributed by atoms with Gasteiger partial charge in [-0.15, -0.1) is 0 Å². The van der Waals surface area contributed by atoms with Crippen molar-refractivity contribution < 1.29 is 9.59 Å². The van der Waals surface area contributed by atoms with Gasteiger partial charge in [-0.25, -0.2) is 0 Å². The number of carbonyl (C=O) groups excluding carboxylic acids is 2. The lowest BCUT2D eigenvalue weighted by Crippen LogP contribution is -2.25. The van der Waals surface area contributed by atoms with Gasteiger partial charge in [-0.3, -0.25) is 9.59 Å². The molecule has 0 radical (unpaired) electrons. The first-order valence-electron chi connectivity index (χ1n) is 7.53. The number of hydrogen-bond donors (Lipinski definition) is 0. The van der Waals surface area contributed by atoms with Crippen LogP contribution in [-0.2, 0) is 22.7 Å². The van der Waals surface area contributed by atoms with E-state index in [4.69, 9.17) is 0 Å². The van der Waals surface area contributed by atoms with E-state index in [-0.39, 0.29) is 0 Å². The number of rotatable bonds is 5. The molecule has 0 saturated heterocycles. The molecule has 0 fully saturated rings. The van der Waals surface area contributed by atoms with Crippen molar-refractivity contribution in [1.82, 2.24) is 4.90 Å². The molecule has 0 saturated carbocycles. The number of allylic oxidation sites excluding steroid dienone is 3. The van der Waals surface area contributed by atoms with E-state index in [1.54, 1.807) is 6.08 Å². The Morgan fingerprint density at radius 3 is 1.65 bits per heavy atom.